The van der Waals surface area contributed by atoms with E-state index in [0.717, 1.165) is 16.9 Å². The van der Waals surface area contributed by atoms with E-state index >= 15 is 0 Å². The van der Waals surface area contributed by atoms with Crippen LogP contribution < -0.4 is 4.90 Å². The van der Waals surface area contributed by atoms with E-state index in [2.05, 4.69) is 4.98 Å². The van der Waals surface area contributed by atoms with Crippen LogP contribution in [0.25, 0.3) is 11.3 Å². The molecule has 1 aromatic carbocycles. The van der Waals surface area contributed by atoms with Crippen molar-refractivity contribution in [2.45, 2.75) is 18.6 Å². The first kappa shape index (κ1) is 16.9. The van der Waals surface area contributed by atoms with Gasteiger partial charge in [-0.2, -0.15) is 0 Å². The number of carbonyl (C=O) groups excluding carboxylic acids is 1. The maximum atomic E-state index is 11.9. The van der Waals surface area contributed by atoms with Crippen LogP contribution in [0.1, 0.15) is 18.9 Å². The molecule has 1 fully saturated rings. The first-order chi connectivity index (χ1) is 11.2. The third-order valence-corrected chi connectivity index (χ3v) is 7.52. The Hall–Kier alpha value is -1.93. The maximum absolute atomic E-state index is 11.9. The fourth-order valence-electron chi connectivity index (χ4n) is 2.28. The molecule has 0 N–H and O–H groups in total. The lowest BCUT2D eigenvalue weighted by Gasteiger charge is -2.19. The molecule has 0 unspecified atom stereocenters. The van der Waals surface area contributed by atoms with Gasteiger partial charge in [-0.1, -0.05) is 12.1 Å². The monoisotopic (exact) mass is 366 g/mol. The zero-order chi connectivity index (χ0) is 17.5. The fourth-order valence-corrected chi connectivity index (χ4v) is 4.09. The lowest BCUT2D eigenvalue weighted by molar-refractivity contribution is 0.181. The molecule has 0 atom stereocenters. The van der Waals surface area contributed by atoms with Gasteiger partial charge in [0.1, 0.15) is 16.4 Å². The molecule has 1 saturated heterocycles. The van der Waals surface area contributed by atoms with Crippen molar-refractivity contribution in [3.05, 3.63) is 34.7 Å². The van der Waals surface area contributed by atoms with Crippen molar-refractivity contribution in [3.8, 4) is 11.3 Å². The van der Waals surface area contributed by atoms with Crippen LogP contribution >= 0.6 is 11.3 Å². The molecule has 1 aliphatic rings. The first-order valence-electron chi connectivity index (χ1n) is 7.40. The SMILES string of the molecule is CC(C)(c1nc(-c2ccc(N3CCOC3=O)cc2)cs1)S(C)(=O)=O. The number of benzene rings is 1. The number of amides is 1. The third-order valence-electron chi connectivity index (χ3n) is 4.18. The highest BCUT2D eigenvalue weighted by Crippen LogP contribution is 2.34. The van der Waals surface area contributed by atoms with E-state index in [0.29, 0.717) is 18.2 Å². The summed E-state index contributed by atoms with van der Waals surface area (Å²) in [5, 5.41) is 2.41. The number of hydrogen-bond acceptors (Lipinski definition) is 6. The van der Waals surface area contributed by atoms with Gasteiger partial charge in [-0.15, -0.1) is 11.3 Å². The van der Waals surface area contributed by atoms with E-state index in [9.17, 15) is 13.2 Å². The predicted octanol–water partition coefficient (Wildman–Crippen LogP) is 3.05. The van der Waals surface area contributed by atoms with E-state index < -0.39 is 14.6 Å². The van der Waals surface area contributed by atoms with Gasteiger partial charge in [0.2, 0.25) is 0 Å². The van der Waals surface area contributed by atoms with Gasteiger partial charge in [0.15, 0.2) is 9.84 Å². The van der Waals surface area contributed by atoms with Crippen LogP contribution in [0.5, 0.6) is 0 Å². The molecule has 128 valence electrons. The molecule has 0 spiro atoms. The van der Waals surface area contributed by atoms with Crippen LogP contribution in [0.4, 0.5) is 10.5 Å². The molecular formula is C16H18N2O4S2. The number of hydrogen-bond donors (Lipinski definition) is 0. The molecule has 6 nitrogen and oxygen atoms in total. The number of nitrogens with zero attached hydrogens (tertiary/aromatic N) is 2. The highest BCUT2D eigenvalue weighted by atomic mass is 32.2. The van der Waals surface area contributed by atoms with Crippen molar-refractivity contribution in [2.75, 3.05) is 24.3 Å². The minimum Gasteiger partial charge on any atom is -0.447 e. The van der Waals surface area contributed by atoms with Crippen molar-refractivity contribution in [1.29, 1.82) is 0 Å². The van der Waals surface area contributed by atoms with Gasteiger partial charge >= 0.3 is 6.09 Å². The normalized spacial score (nSPS) is 15.6. The Balaban J connectivity index is 1.87. The summed E-state index contributed by atoms with van der Waals surface area (Å²) in [5.41, 5.74) is 2.37. The van der Waals surface area contributed by atoms with Gasteiger partial charge < -0.3 is 4.74 Å². The van der Waals surface area contributed by atoms with E-state index in [1.165, 1.54) is 17.6 Å². The molecule has 8 heteroatoms. The summed E-state index contributed by atoms with van der Waals surface area (Å²) >= 11 is 1.33. The van der Waals surface area contributed by atoms with E-state index in [1.54, 1.807) is 18.7 Å². The first-order valence-corrected chi connectivity index (χ1v) is 10.2. The molecule has 24 heavy (non-hydrogen) atoms. The summed E-state index contributed by atoms with van der Waals surface area (Å²) in [4.78, 5) is 17.6. The maximum Gasteiger partial charge on any atom is 0.414 e. The largest absolute Gasteiger partial charge is 0.447 e. The lowest BCUT2D eigenvalue weighted by Crippen LogP contribution is -2.27. The van der Waals surface area contributed by atoms with Crippen LogP contribution in [0, 0.1) is 0 Å². The zero-order valence-corrected chi connectivity index (χ0v) is 15.3. The Morgan fingerprint density at radius 3 is 2.46 bits per heavy atom. The Labute approximate surface area is 145 Å². The number of thiazole rings is 1. The van der Waals surface area contributed by atoms with Gasteiger partial charge in [0, 0.05) is 22.9 Å². The number of ether oxygens (including phenoxy) is 1. The number of cyclic esters (lactones) is 1. The quantitative estimate of drug-likeness (QED) is 0.831. The highest BCUT2D eigenvalue weighted by Gasteiger charge is 2.35. The summed E-state index contributed by atoms with van der Waals surface area (Å²) in [6.45, 7) is 4.26. The highest BCUT2D eigenvalue weighted by molar-refractivity contribution is 7.91. The predicted molar refractivity (Wildman–Crippen MR) is 94.1 cm³/mol. The summed E-state index contributed by atoms with van der Waals surface area (Å²) in [7, 11) is -3.26. The van der Waals surface area contributed by atoms with Crippen LogP contribution in [-0.4, -0.2) is 38.9 Å². The number of carbonyl (C=O) groups is 1. The third kappa shape index (κ3) is 2.91. The van der Waals surface area contributed by atoms with Crippen LogP contribution in [-0.2, 0) is 19.3 Å². The minimum absolute atomic E-state index is 0.339. The van der Waals surface area contributed by atoms with E-state index in [-0.39, 0.29) is 6.09 Å². The van der Waals surface area contributed by atoms with Crippen LogP contribution in [0.2, 0.25) is 0 Å². The summed E-state index contributed by atoms with van der Waals surface area (Å²) in [6.07, 6.45) is 0.881. The lowest BCUT2D eigenvalue weighted by atomic mass is 10.1. The molecule has 1 aliphatic heterocycles. The average Bonchev–Trinajstić information content (AvgIpc) is 3.15. The molecule has 2 aromatic rings. The minimum atomic E-state index is -3.26. The smallest absolute Gasteiger partial charge is 0.414 e. The Kier molecular flexibility index (Phi) is 4.13. The van der Waals surface area contributed by atoms with Gasteiger partial charge in [0.25, 0.3) is 0 Å². The summed E-state index contributed by atoms with van der Waals surface area (Å²) in [6, 6.07) is 7.41. The topological polar surface area (TPSA) is 76.6 Å². The number of sulfone groups is 1. The second-order valence-electron chi connectivity index (χ2n) is 6.13. The zero-order valence-electron chi connectivity index (χ0n) is 13.6. The van der Waals surface area contributed by atoms with E-state index in [1.807, 2.05) is 29.6 Å². The Bertz CT molecular complexity index is 870. The Morgan fingerprint density at radius 1 is 1.25 bits per heavy atom. The fraction of sp³-hybridized carbons (Fsp3) is 0.375. The second-order valence-corrected chi connectivity index (χ2v) is 9.56. The van der Waals surface area contributed by atoms with Crippen LogP contribution in [0.15, 0.2) is 29.6 Å². The number of aromatic nitrogens is 1. The molecule has 0 saturated carbocycles. The molecule has 3 rings (SSSR count). The van der Waals surface area contributed by atoms with Gasteiger partial charge in [0.05, 0.1) is 12.2 Å². The standard InChI is InChI=1S/C16H18N2O4S2/c1-16(2,24(3,20)21)14-17-13(10-23-14)11-4-6-12(7-5-11)18-8-9-22-15(18)19/h4-7,10H,8-9H2,1-3H3. The molecule has 2 heterocycles. The van der Waals surface area contributed by atoms with Gasteiger partial charge in [-0.25, -0.2) is 18.2 Å². The number of rotatable bonds is 4. The van der Waals surface area contributed by atoms with Crippen molar-refractivity contribution in [1.82, 2.24) is 4.98 Å². The van der Waals surface area contributed by atoms with Crippen LogP contribution in [0.3, 0.4) is 0 Å². The molecular weight excluding hydrogens is 348 g/mol. The second kappa shape index (κ2) is 5.86. The van der Waals surface area contributed by atoms with Gasteiger partial charge in [-0.3, -0.25) is 4.90 Å². The molecule has 0 aliphatic carbocycles. The molecule has 1 amide bonds. The van der Waals surface area contributed by atoms with Crippen molar-refractivity contribution < 1.29 is 17.9 Å². The molecule has 0 radical (unpaired) electrons. The molecule has 0 bridgehead atoms. The van der Waals surface area contributed by atoms with Crippen molar-refractivity contribution >= 4 is 33.0 Å². The summed E-state index contributed by atoms with van der Waals surface area (Å²) in [5.74, 6) is 0. The van der Waals surface area contributed by atoms with Crippen molar-refractivity contribution in [2.24, 2.45) is 0 Å². The molecule has 1 aromatic heterocycles. The van der Waals surface area contributed by atoms with Crippen molar-refractivity contribution in [3.63, 3.8) is 0 Å². The Morgan fingerprint density at radius 2 is 1.92 bits per heavy atom. The van der Waals surface area contributed by atoms with E-state index in [4.69, 9.17) is 4.74 Å². The average molecular weight is 366 g/mol. The summed E-state index contributed by atoms with van der Waals surface area (Å²) < 4.78 is 27.8. The number of anilines is 1. The van der Waals surface area contributed by atoms with Gasteiger partial charge in [-0.05, 0) is 26.0 Å².